The molecular formula is C5H11N4+. The molecular weight excluding hydrogens is 116 g/mol. The fraction of sp³-hybridized carbons (Fsp3) is 0.800. The molecule has 0 atom stereocenters. The number of aryl methyl sites for hydroxylation is 3. The van der Waals surface area contributed by atoms with E-state index < -0.39 is 0 Å². The summed E-state index contributed by atoms with van der Waals surface area (Å²) in [6.07, 6.45) is 0. The van der Waals surface area contributed by atoms with Crippen molar-refractivity contribution < 1.29 is 4.80 Å². The van der Waals surface area contributed by atoms with E-state index in [1.807, 2.05) is 20.9 Å². The standard InChI is InChI=1S/C5H11N4/c1-4-9-7-5(2)6-8(9)3/h4H2,1-3H3/q+1. The highest BCUT2D eigenvalue weighted by Gasteiger charge is 2.06. The maximum Gasteiger partial charge on any atom is 0.305 e. The van der Waals surface area contributed by atoms with Crippen LogP contribution in [-0.2, 0) is 13.6 Å². The molecule has 0 fully saturated rings. The Hall–Kier alpha value is -0.930. The van der Waals surface area contributed by atoms with Gasteiger partial charge in [-0.3, -0.25) is 0 Å². The molecule has 1 rings (SSSR count). The van der Waals surface area contributed by atoms with Gasteiger partial charge in [-0.1, -0.05) is 4.80 Å². The molecule has 9 heavy (non-hydrogen) atoms. The van der Waals surface area contributed by atoms with Crippen molar-refractivity contribution in [2.75, 3.05) is 0 Å². The first-order valence-electron chi connectivity index (χ1n) is 3.02. The van der Waals surface area contributed by atoms with Crippen LogP contribution in [0.1, 0.15) is 12.7 Å². The van der Waals surface area contributed by atoms with Crippen LogP contribution in [-0.4, -0.2) is 15.0 Å². The zero-order chi connectivity index (χ0) is 6.85. The fourth-order valence-corrected chi connectivity index (χ4v) is 0.788. The van der Waals surface area contributed by atoms with E-state index >= 15 is 0 Å². The molecule has 1 aromatic rings. The molecule has 0 unspecified atom stereocenters. The van der Waals surface area contributed by atoms with E-state index in [-0.39, 0.29) is 0 Å². The second-order valence-electron chi connectivity index (χ2n) is 1.93. The topological polar surface area (TPSA) is 34.6 Å². The van der Waals surface area contributed by atoms with Crippen LogP contribution >= 0.6 is 0 Å². The lowest BCUT2D eigenvalue weighted by Gasteiger charge is -1.84. The summed E-state index contributed by atoms with van der Waals surface area (Å²) in [4.78, 5) is 3.53. The Morgan fingerprint density at radius 1 is 1.67 bits per heavy atom. The lowest BCUT2D eigenvalue weighted by molar-refractivity contribution is -0.809. The van der Waals surface area contributed by atoms with E-state index in [9.17, 15) is 0 Å². The molecule has 0 aliphatic carbocycles. The van der Waals surface area contributed by atoms with E-state index in [2.05, 4.69) is 10.2 Å². The van der Waals surface area contributed by atoms with Crippen LogP contribution in [0.2, 0.25) is 0 Å². The Kier molecular flexibility index (Phi) is 1.46. The van der Waals surface area contributed by atoms with E-state index in [1.165, 1.54) is 0 Å². The van der Waals surface area contributed by atoms with E-state index in [1.54, 1.807) is 9.59 Å². The molecule has 0 radical (unpaired) electrons. The fourth-order valence-electron chi connectivity index (χ4n) is 0.788. The molecule has 0 aliphatic heterocycles. The number of rotatable bonds is 1. The number of aromatic nitrogens is 4. The van der Waals surface area contributed by atoms with E-state index in [0.29, 0.717) is 0 Å². The average Bonchev–Trinajstić information content (AvgIpc) is 2.10. The Morgan fingerprint density at radius 2 is 2.33 bits per heavy atom. The molecule has 0 aliphatic rings. The van der Waals surface area contributed by atoms with Crippen molar-refractivity contribution >= 4 is 0 Å². The van der Waals surface area contributed by atoms with Gasteiger partial charge in [-0.25, -0.2) is 0 Å². The summed E-state index contributed by atoms with van der Waals surface area (Å²) < 4.78 is 0. The van der Waals surface area contributed by atoms with Crippen LogP contribution in [0.5, 0.6) is 0 Å². The summed E-state index contributed by atoms with van der Waals surface area (Å²) in [6.45, 7) is 4.79. The minimum absolute atomic E-state index is 0.819. The third-order valence-electron chi connectivity index (χ3n) is 1.17. The second-order valence-corrected chi connectivity index (χ2v) is 1.93. The zero-order valence-corrected chi connectivity index (χ0v) is 6.00. The Bertz CT molecular complexity index is 203. The van der Waals surface area contributed by atoms with Gasteiger partial charge in [0.05, 0.1) is 11.6 Å². The van der Waals surface area contributed by atoms with Gasteiger partial charge in [0.2, 0.25) is 0 Å². The highest BCUT2D eigenvalue weighted by atomic mass is 15.6. The van der Waals surface area contributed by atoms with Crippen LogP contribution in [0.15, 0.2) is 0 Å². The average molecular weight is 127 g/mol. The van der Waals surface area contributed by atoms with Crippen molar-refractivity contribution in [1.29, 1.82) is 0 Å². The first-order chi connectivity index (χ1) is 4.24. The number of tetrazole rings is 1. The van der Waals surface area contributed by atoms with Gasteiger partial charge >= 0.3 is 5.82 Å². The van der Waals surface area contributed by atoms with Gasteiger partial charge in [0.15, 0.2) is 0 Å². The quantitative estimate of drug-likeness (QED) is 0.473. The smallest absolute Gasteiger partial charge is 0.0628 e. The van der Waals surface area contributed by atoms with Gasteiger partial charge in [0.1, 0.15) is 7.05 Å². The molecule has 4 nitrogen and oxygen atoms in total. The van der Waals surface area contributed by atoms with Crippen LogP contribution < -0.4 is 4.80 Å². The molecule has 1 aromatic heterocycles. The zero-order valence-electron chi connectivity index (χ0n) is 6.00. The maximum absolute atomic E-state index is 4.10. The van der Waals surface area contributed by atoms with Crippen LogP contribution in [0.3, 0.4) is 0 Å². The summed E-state index contributed by atoms with van der Waals surface area (Å²) in [5, 5.41) is 8.15. The summed E-state index contributed by atoms with van der Waals surface area (Å²) in [5.74, 6) is 0.819. The number of nitrogens with zero attached hydrogens (tertiary/aromatic N) is 4. The molecule has 0 N–H and O–H groups in total. The highest BCUT2D eigenvalue weighted by Crippen LogP contribution is 1.76. The first-order valence-corrected chi connectivity index (χ1v) is 3.02. The SMILES string of the molecule is CCn1nc(C)n[n+]1C. The predicted octanol–water partition coefficient (Wildman–Crippen LogP) is -0.569. The monoisotopic (exact) mass is 127 g/mol. The lowest BCUT2D eigenvalue weighted by Crippen LogP contribution is -2.41. The second kappa shape index (κ2) is 2.13. The van der Waals surface area contributed by atoms with Crippen LogP contribution in [0.4, 0.5) is 0 Å². The number of hydrogen-bond acceptors (Lipinski definition) is 2. The van der Waals surface area contributed by atoms with Gasteiger partial charge in [-0.2, -0.15) is 0 Å². The Morgan fingerprint density at radius 3 is 2.56 bits per heavy atom. The minimum atomic E-state index is 0.819. The van der Waals surface area contributed by atoms with Crippen molar-refractivity contribution in [1.82, 2.24) is 15.0 Å². The lowest BCUT2D eigenvalue weighted by atomic mass is 10.8. The Labute approximate surface area is 54.1 Å². The molecule has 0 saturated heterocycles. The molecule has 0 aromatic carbocycles. The predicted molar refractivity (Wildman–Crippen MR) is 31.6 cm³/mol. The Balaban J connectivity index is 3.01. The molecule has 0 bridgehead atoms. The van der Waals surface area contributed by atoms with Gasteiger partial charge in [0, 0.05) is 6.92 Å². The molecule has 1 heterocycles. The molecule has 0 amide bonds. The highest BCUT2D eigenvalue weighted by molar-refractivity contribution is 4.63. The summed E-state index contributed by atoms with van der Waals surface area (Å²) in [7, 11) is 1.88. The summed E-state index contributed by atoms with van der Waals surface area (Å²) in [6, 6.07) is 0. The van der Waals surface area contributed by atoms with Crippen molar-refractivity contribution in [3.63, 3.8) is 0 Å². The molecule has 4 heteroatoms. The molecule has 50 valence electrons. The van der Waals surface area contributed by atoms with Gasteiger partial charge in [-0.15, -0.1) is 0 Å². The summed E-state index contributed by atoms with van der Waals surface area (Å²) in [5.41, 5.74) is 0. The molecule has 0 saturated carbocycles. The van der Waals surface area contributed by atoms with Crippen molar-refractivity contribution in [3.8, 4) is 0 Å². The van der Waals surface area contributed by atoms with E-state index in [0.717, 1.165) is 12.4 Å². The van der Waals surface area contributed by atoms with Crippen molar-refractivity contribution in [2.24, 2.45) is 7.05 Å². The normalized spacial score (nSPS) is 10.1. The third-order valence-corrected chi connectivity index (χ3v) is 1.17. The minimum Gasteiger partial charge on any atom is -0.0628 e. The van der Waals surface area contributed by atoms with E-state index in [4.69, 9.17) is 0 Å². The third kappa shape index (κ3) is 1.06. The van der Waals surface area contributed by atoms with Crippen LogP contribution in [0.25, 0.3) is 0 Å². The van der Waals surface area contributed by atoms with Gasteiger partial charge in [0.25, 0.3) is 0 Å². The van der Waals surface area contributed by atoms with Gasteiger partial charge < -0.3 is 0 Å². The largest absolute Gasteiger partial charge is 0.305 e. The van der Waals surface area contributed by atoms with Gasteiger partial charge in [-0.05, 0) is 16.8 Å². The van der Waals surface area contributed by atoms with Crippen molar-refractivity contribution in [2.45, 2.75) is 20.4 Å². The maximum atomic E-state index is 4.10. The first kappa shape index (κ1) is 6.19. The van der Waals surface area contributed by atoms with Crippen molar-refractivity contribution in [3.05, 3.63) is 5.82 Å². The van der Waals surface area contributed by atoms with Crippen LogP contribution in [0, 0.1) is 6.92 Å². The number of hydrogen-bond donors (Lipinski definition) is 0. The summed E-state index contributed by atoms with van der Waals surface area (Å²) >= 11 is 0. The molecule has 0 spiro atoms.